The van der Waals surface area contributed by atoms with Crippen molar-refractivity contribution in [2.75, 3.05) is 40.4 Å². The number of nitrogens with zero attached hydrogens (tertiary/aromatic N) is 1. The Morgan fingerprint density at radius 2 is 1.60 bits per heavy atom. The Bertz CT molecular complexity index is 702. The van der Waals surface area contributed by atoms with E-state index in [1.165, 1.54) is 16.7 Å². The minimum Gasteiger partial charge on any atom is -0.496 e. The first-order chi connectivity index (χ1) is 12.2. The van der Waals surface area contributed by atoms with Gasteiger partial charge in [-0.3, -0.25) is 4.90 Å². The topological polar surface area (TPSA) is 33.7 Å². The van der Waals surface area contributed by atoms with Crippen molar-refractivity contribution >= 4 is 0 Å². The molecule has 2 aromatic carbocycles. The monoisotopic (exact) mass is 340 g/mol. The van der Waals surface area contributed by atoms with E-state index in [9.17, 15) is 0 Å². The average Bonchev–Trinajstić information content (AvgIpc) is 2.65. The summed E-state index contributed by atoms with van der Waals surface area (Å²) in [6.45, 7) is 8.33. The fourth-order valence-electron chi connectivity index (χ4n) is 3.68. The maximum atomic E-state index is 5.73. The first-order valence-corrected chi connectivity index (χ1v) is 8.88. The van der Waals surface area contributed by atoms with Crippen LogP contribution in [-0.2, 0) is 0 Å². The van der Waals surface area contributed by atoms with E-state index in [-0.39, 0.29) is 6.04 Å². The summed E-state index contributed by atoms with van der Waals surface area (Å²) in [6, 6.07) is 12.8. The van der Waals surface area contributed by atoms with Gasteiger partial charge < -0.3 is 14.8 Å². The van der Waals surface area contributed by atoms with E-state index < -0.39 is 0 Å². The Labute approximate surface area is 150 Å². The van der Waals surface area contributed by atoms with Gasteiger partial charge in [-0.1, -0.05) is 29.8 Å². The molecule has 1 heterocycles. The average molecular weight is 340 g/mol. The second-order valence-corrected chi connectivity index (χ2v) is 6.62. The highest BCUT2D eigenvalue weighted by Crippen LogP contribution is 2.42. The Kier molecular flexibility index (Phi) is 5.61. The van der Waals surface area contributed by atoms with Crippen LogP contribution in [0.4, 0.5) is 0 Å². The van der Waals surface area contributed by atoms with Crippen LogP contribution in [0.5, 0.6) is 11.5 Å². The minimum absolute atomic E-state index is 0.119. The quantitative estimate of drug-likeness (QED) is 0.905. The van der Waals surface area contributed by atoms with Crippen LogP contribution in [0.3, 0.4) is 0 Å². The van der Waals surface area contributed by atoms with Crippen molar-refractivity contribution in [1.29, 1.82) is 0 Å². The Morgan fingerprint density at radius 1 is 0.960 bits per heavy atom. The van der Waals surface area contributed by atoms with Gasteiger partial charge in [0, 0.05) is 26.2 Å². The van der Waals surface area contributed by atoms with Gasteiger partial charge in [-0.05, 0) is 37.1 Å². The number of hydrogen-bond donors (Lipinski definition) is 1. The van der Waals surface area contributed by atoms with E-state index in [0.717, 1.165) is 43.2 Å². The second kappa shape index (κ2) is 7.89. The number of hydrogen-bond acceptors (Lipinski definition) is 4. The smallest absolute Gasteiger partial charge is 0.127 e. The molecule has 1 aliphatic rings. The SMILES string of the molecule is COc1cccc(OC)c1C(c1cc(C)ccc1C)N1CCNCC1. The third-order valence-corrected chi connectivity index (χ3v) is 4.99. The highest BCUT2D eigenvalue weighted by atomic mass is 16.5. The van der Waals surface area contributed by atoms with Crippen LogP contribution in [0.15, 0.2) is 36.4 Å². The maximum Gasteiger partial charge on any atom is 0.127 e. The lowest BCUT2D eigenvalue weighted by Crippen LogP contribution is -2.45. The summed E-state index contributed by atoms with van der Waals surface area (Å²) in [5.74, 6) is 1.76. The number of rotatable bonds is 5. The lowest BCUT2D eigenvalue weighted by molar-refractivity contribution is 0.191. The first-order valence-electron chi connectivity index (χ1n) is 8.88. The number of methoxy groups -OCH3 is 2. The van der Waals surface area contributed by atoms with Crippen molar-refractivity contribution in [3.8, 4) is 11.5 Å². The number of piperazine rings is 1. The van der Waals surface area contributed by atoms with E-state index in [1.54, 1.807) is 14.2 Å². The summed E-state index contributed by atoms with van der Waals surface area (Å²) in [6.07, 6.45) is 0. The van der Waals surface area contributed by atoms with Gasteiger partial charge in [-0.2, -0.15) is 0 Å². The zero-order valence-corrected chi connectivity index (χ0v) is 15.6. The van der Waals surface area contributed by atoms with Crippen molar-refractivity contribution in [2.24, 2.45) is 0 Å². The van der Waals surface area contributed by atoms with Crippen LogP contribution >= 0.6 is 0 Å². The Hall–Kier alpha value is -2.04. The molecule has 0 saturated carbocycles. The third-order valence-electron chi connectivity index (χ3n) is 4.99. The van der Waals surface area contributed by atoms with Crippen LogP contribution in [0.2, 0.25) is 0 Å². The second-order valence-electron chi connectivity index (χ2n) is 6.62. The predicted molar refractivity (Wildman–Crippen MR) is 102 cm³/mol. The summed E-state index contributed by atoms with van der Waals surface area (Å²) in [5.41, 5.74) is 5.00. The van der Waals surface area contributed by atoms with Crippen LogP contribution in [0, 0.1) is 13.8 Å². The van der Waals surface area contributed by atoms with Gasteiger partial charge in [0.2, 0.25) is 0 Å². The maximum absolute atomic E-state index is 5.73. The number of nitrogens with one attached hydrogen (secondary N) is 1. The van der Waals surface area contributed by atoms with Crippen LogP contribution in [0.1, 0.15) is 28.3 Å². The van der Waals surface area contributed by atoms with Gasteiger partial charge in [0.05, 0.1) is 25.8 Å². The van der Waals surface area contributed by atoms with E-state index in [0.29, 0.717) is 0 Å². The standard InChI is InChI=1S/C21H28N2O2/c1-15-8-9-16(2)17(14-15)21(23-12-10-22-11-13-23)20-18(24-3)6-5-7-19(20)25-4/h5-9,14,21-22H,10-13H2,1-4H3. The van der Waals surface area contributed by atoms with Crippen molar-refractivity contribution in [3.05, 3.63) is 58.7 Å². The fraction of sp³-hybridized carbons (Fsp3) is 0.429. The molecule has 1 unspecified atom stereocenters. The lowest BCUT2D eigenvalue weighted by atomic mass is 9.90. The summed E-state index contributed by atoms with van der Waals surface area (Å²) < 4.78 is 11.5. The Morgan fingerprint density at radius 3 is 2.20 bits per heavy atom. The summed E-state index contributed by atoms with van der Waals surface area (Å²) in [7, 11) is 3.46. The Balaban J connectivity index is 2.20. The van der Waals surface area contributed by atoms with Crippen molar-refractivity contribution < 1.29 is 9.47 Å². The zero-order valence-electron chi connectivity index (χ0n) is 15.6. The minimum atomic E-state index is 0.119. The zero-order chi connectivity index (χ0) is 17.8. The van der Waals surface area contributed by atoms with E-state index in [1.807, 2.05) is 18.2 Å². The van der Waals surface area contributed by atoms with Gasteiger partial charge in [-0.15, -0.1) is 0 Å². The molecule has 0 spiro atoms. The molecular weight excluding hydrogens is 312 g/mol. The molecule has 4 nitrogen and oxygen atoms in total. The fourth-order valence-corrected chi connectivity index (χ4v) is 3.68. The molecule has 1 fully saturated rings. The van der Waals surface area contributed by atoms with Crippen molar-refractivity contribution in [3.63, 3.8) is 0 Å². The molecule has 25 heavy (non-hydrogen) atoms. The van der Waals surface area contributed by atoms with Gasteiger partial charge in [0.25, 0.3) is 0 Å². The first kappa shape index (κ1) is 17.8. The largest absolute Gasteiger partial charge is 0.496 e. The van der Waals surface area contributed by atoms with Gasteiger partial charge >= 0.3 is 0 Å². The number of benzene rings is 2. The normalized spacial score (nSPS) is 16.5. The summed E-state index contributed by atoms with van der Waals surface area (Å²) in [4.78, 5) is 2.53. The van der Waals surface area contributed by atoms with E-state index >= 15 is 0 Å². The highest BCUT2D eigenvalue weighted by molar-refractivity contribution is 5.52. The molecule has 2 aromatic rings. The van der Waals surface area contributed by atoms with E-state index in [4.69, 9.17) is 9.47 Å². The highest BCUT2D eigenvalue weighted by Gasteiger charge is 2.30. The summed E-state index contributed by atoms with van der Waals surface area (Å²) in [5, 5.41) is 3.45. The number of ether oxygens (including phenoxy) is 2. The van der Waals surface area contributed by atoms with Gasteiger partial charge in [0.1, 0.15) is 11.5 Å². The van der Waals surface area contributed by atoms with Gasteiger partial charge in [0.15, 0.2) is 0 Å². The molecular formula is C21H28N2O2. The molecule has 1 saturated heterocycles. The van der Waals surface area contributed by atoms with Crippen LogP contribution in [0.25, 0.3) is 0 Å². The van der Waals surface area contributed by atoms with Crippen molar-refractivity contribution in [1.82, 2.24) is 10.2 Å². The molecule has 0 aliphatic carbocycles. The molecule has 1 atom stereocenters. The molecule has 0 bridgehead atoms. The molecule has 0 aromatic heterocycles. The molecule has 1 N–H and O–H groups in total. The van der Waals surface area contributed by atoms with Crippen LogP contribution < -0.4 is 14.8 Å². The van der Waals surface area contributed by atoms with Crippen LogP contribution in [-0.4, -0.2) is 45.3 Å². The molecule has 4 heteroatoms. The van der Waals surface area contributed by atoms with Gasteiger partial charge in [-0.25, -0.2) is 0 Å². The number of aryl methyl sites for hydroxylation is 2. The van der Waals surface area contributed by atoms with Crippen molar-refractivity contribution in [2.45, 2.75) is 19.9 Å². The molecule has 0 amide bonds. The molecule has 0 radical (unpaired) electrons. The summed E-state index contributed by atoms with van der Waals surface area (Å²) >= 11 is 0. The predicted octanol–water partition coefficient (Wildman–Crippen LogP) is 3.32. The van der Waals surface area contributed by atoms with E-state index in [2.05, 4.69) is 42.3 Å². The molecule has 1 aliphatic heterocycles. The third kappa shape index (κ3) is 3.65. The molecule has 134 valence electrons. The molecule has 3 rings (SSSR count). The lowest BCUT2D eigenvalue weighted by Gasteiger charge is -2.37.